The predicted octanol–water partition coefficient (Wildman–Crippen LogP) is 4.53. The number of nitrogens with one attached hydrogen (secondary N) is 3. The Morgan fingerprint density at radius 1 is 1.06 bits per heavy atom. The lowest BCUT2D eigenvalue weighted by molar-refractivity contribution is -0.117. The van der Waals surface area contributed by atoms with Gasteiger partial charge in [0.05, 0.1) is 16.8 Å². The van der Waals surface area contributed by atoms with Crippen LogP contribution in [0.1, 0.15) is 28.9 Å². The summed E-state index contributed by atoms with van der Waals surface area (Å²) in [6.45, 7) is 1.88. The molecule has 2 amide bonds. The van der Waals surface area contributed by atoms with Crippen LogP contribution in [0.4, 0.5) is 11.5 Å². The molecule has 0 spiro atoms. The molecule has 31 heavy (non-hydrogen) atoms. The molecule has 4 aromatic rings. The Bertz CT molecular complexity index is 1290. The molecule has 0 bridgehead atoms. The van der Waals surface area contributed by atoms with E-state index in [0.717, 1.165) is 40.6 Å². The molecule has 0 atom stereocenters. The van der Waals surface area contributed by atoms with Gasteiger partial charge in [-0.1, -0.05) is 12.1 Å². The molecule has 3 aromatic heterocycles. The Kier molecular flexibility index (Phi) is 4.71. The van der Waals surface area contributed by atoms with Crippen molar-refractivity contribution in [2.24, 2.45) is 5.92 Å². The van der Waals surface area contributed by atoms with E-state index < -0.39 is 0 Å². The number of aromatic nitrogens is 3. The number of anilines is 2. The maximum atomic E-state index is 12.6. The van der Waals surface area contributed by atoms with Crippen LogP contribution < -0.4 is 10.6 Å². The van der Waals surface area contributed by atoms with Gasteiger partial charge in [-0.2, -0.15) is 0 Å². The molecule has 7 heteroatoms. The number of aryl methyl sites for hydroxylation is 1. The van der Waals surface area contributed by atoms with Gasteiger partial charge in [0, 0.05) is 41.2 Å². The number of rotatable bonds is 5. The van der Waals surface area contributed by atoms with Crippen molar-refractivity contribution >= 4 is 34.2 Å². The van der Waals surface area contributed by atoms with E-state index in [-0.39, 0.29) is 17.7 Å². The lowest BCUT2D eigenvalue weighted by Crippen LogP contribution is -2.14. The number of fused-ring (bicyclic) bond motifs is 1. The van der Waals surface area contributed by atoms with Gasteiger partial charge in [-0.15, -0.1) is 0 Å². The monoisotopic (exact) mass is 411 g/mol. The topological polar surface area (TPSA) is 99.8 Å². The molecule has 0 unspecified atom stereocenters. The molecule has 154 valence electrons. The third kappa shape index (κ3) is 3.90. The molecule has 1 aliphatic carbocycles. The number of para-hydroxylation sites is 1. The highest BCUT2D eigenvalue weighted by molar-refractivity contribution is 6.10. The van der Waals surface area contributed by atoms with Crippen LogP contribution in [-0.4, -0.2) is 26.8 Å². The second kappa shape index (κ2) is 7.68. The summed E-state index contributed by atoms with van der Waals surface area (Å²) in [5.74, 6) is 0.470. The lowest BCUT2D eigenvalue weighted by Gasteiger charge is -2.08. The van der Waals surface area contributed by atoms with Gasteiger partial charge < -0.3 is 15.6 Å². The molecule has 1 aliphatic rings. The number of hydrogen-bond acceptors (Lipinski definition) is 4. The first-order valence-corrected chi connectivity index (χ1v) is 10.2. The summed E-state index contributed by atoms with van der Waals surface area (Å²) in [7, 11) is 0. The number of carbonyl (C=O) groups is 2. The first-order valence-electron chi connectivity index (χ1n) is 10.2. The number of pyridine rings is 2. The fourth-order valence-electron chi connectivity index (χ4n) is 3.53. The van der Waals surface area contributed by atoms with E-state index >= 15 is 0 Å². The van der Waals surface area contributed by atoms with Crippen molar-refractivity contribution in [3.05, 3.63) is 72.3 Å². The van der Waals surface area contributed by atoms with Gasteiger partial charge in [-0.05, 0) is 55.7 Å². The standard InChI is InChI=1S/C24H21N5O2/c1-14-5-6-17(12-26-14)24(31)28-20-4-2-3-18-19(13-27-22(18)20)16-9-10-25-21(11-16)29-23(30)15-7-8-15/h2-6,9-13,15,27H,7-8H2,1H3,(H,28,31)(H,25,29,30). The molecule has 1 fully saturated rings. The highest BCUT2D eigenvalue weighted by atomic mass is 16.2. The van der Waals surface area contributed by atoms with Crippen LogP contribution >= 0.6 is 0 Å². The number of hydrogen-bond donors (Lipinski definition) is 3. The largest absolute Gasteiger partial charge is 0.359 e. The van der Waals surface area contributed by atoms with Crippen LogP contribution in [0.15, 0.2) is 61.1 Å². The van der Waals surface area contributed by atoms with E-state index in [1.54, 1.807) is 18.5 Å². The first-order chi connectivity index (χ1) is 15.1. The third-order valence-corrected chi connectivity index (χ3v) is 5.41. The second-order valence-electron chi connectivity index (χ2n) is 7.77. The van der Waals surface area contributed by atoms with Crippen molar-refractivity contribution in [3.63, 3.8) is 0 Å². The Morgan fingerprint density at radius 3 is 2.71 bits per heavy atom. The molecule has 7 nitrogen and oxygen atoms in total. The second-order valence-corrected chi connectivity index (χ2v) is 7.77. The van der Waals surface area contributed by atoms with Crippen LogP contribution in [0.5, 0.6) is 0 Å². The van der Waals surface area contributed by atoms with Crippen molar-refractivity contribution in [3.8, 4) is 11.1 Å². The highest BCUT2D eigenvalue weighted by Gasteiger charge is 2.29. The predicted molar refractivity (Wildman–Crippen MR) is 120 cm³/mol. The molecule has 3 N–H and O–H groups in total. The van der Waals surface area contributed by atoms with Gasteiger partial charge in [-0.3, -0.25) is 14.6 Å². The quantitative estimate of drug-likeness (QED) is 0.449. The Hall–Kier alpha value is -4.00. The lowest BCUT2D eigenvalue weighted by atomic mass is 10.1. The first kappa shape index (κ1) is 19.0. The number of aromatic amines is 1. The van der Waals surface area contributed by atoms with Crippen LogP contribution in [0.3, 0.4) is 0 Å². The van der Waals surface area contributed by atoms with E-state index in [4.69, 9.17) is 0 Å². The van der Waals surface area contributed by atoms with Crippen molar-refractivity contribution < 1.29 is 9.59 Å². The van der Waals surface area contributed by atoms with Gasteiger partial charge in [0.15, 0.2) is 0 Å². The fraction of sp³-hybridized carbons (Fsp3) is 0.167. The number of carbonyl (C=O) groups excluding carboxylic acids is 2. The molecule has 5 rings (SSSR count). The summed E-state index contributed by atoms with van der Waals surface area (Å²) in [6, 6.07) is 13.1. The van der Waals surface area contributed by atoms with E-state index in [1.807, 2.05) is 49.5 Å². The van der Waals surface area contributed by atoms with Gasteiger partial charge >= 0.3 is 0 Å². The van der Waals surface area contributed by atoms with Crippen LogP contribution in [0, 0.1) is 12.8 Å². The summed E-state index contributed by atoms with van der Waals surface area (Å²) >= 11 is 0. The van der Waals surface area contributed by atoms with E-state index in [9.17, 15) is 9.59 Å². The minimum Gasteiger partial charge on any atom is -0.359 e. The summed E-state index contributed by atoms with van der Waals surface area (Å²) < 4.78 is 0. The zero-order valence-electron chi connectivity index (χ0n) is 17.0. The molecular formula is C24H21N5O2. The summed E-state index contributed by atoms with van der Waals surface area (Å²) in [4.78, 5) is 36.4. The zero-order chi connectivity index (χ0) is 21.4. The van der Waals surface area contributed by atoms with Crippen molar-refractivity contribution in [1.29, 1.82) is 0 Å². The molecule has 0 saturated heterocycles. The molecule has 0 radical (unpaired) electrons. The third-order valence-electron chi connectivity index (χ3n) is 5.41. The average molecular weight is 411 g/mol. The number of H-pyrrole nitrogens is 1. The average Bonchev–Trinajstić information content (AvgIpc) is 3.54. The Morgan fingerprint density at radius 2 is 1.94 bits per heavy atom. The van der Waals surface area contributed by atoms with Crippen LogP contribution in [0.2, 0.25) is 0 Å². The van der Waals surface area contributed by atoms with Crippen molar-refractivity contribution in [2.45, 2.75) is 19.8 Å². The normalized spacial score (nSPS) is 13.2. The maximum absolute atomic E-state index is 12.6. The minimum absolute atomic E-state index is 0.0270. The maximum Gasteiger partial charge on any atom is 0.257 e. The SMILES string of the molecule is Cc1ccc(C(=O)Nc2cccc3c(-c4ccnc(NC(=O)C5CC5)c4)c[nH]c23)cn1. The Balaban J connectivity index is 1.43. The van der Waals surface area contributed by atoms with E-state index in [0.29, 0.717) is 17.1 Å². The van der Waals surface area contributed by atoms with E-state index in [1.165, 1.54) is 0 Å². The highest BCUT2D eigenvalue weighted by Crippen LogP contribution is 2.34. The van der Waals surface area contributed by atoms with Crippen LogP contribution in [-0.2, 0) is 4.79 Å². The number of amides is 2. The molecule has 1 aromatic carbocycles. The van der Waals surface area contributed by atoms with Crippen molar-refractivity contribution in [2.75, 3.05) is 10.6 Å². The Labute approximate surface area is 178 Å². The molecule has 3 heterocycles. The molecular weight excluding hydrogens is 390 g/mol. The minimum atomic E-state index is -0.217. The molecule has 0 aliphatic heterocycles. The van der Waals surface area contributed by atoms with Gasteiger partial charge in [0.25, 0.3) is 5.91 Å². The summed E-state index contributed by atoms with van der Waals surface area (Å²) in [5.41, 5.74) is 4.76. The number of benzene rings is 1. The number of nitrogens with zero attached hydrogens (tertiary/aromatic N) is 2. The zero-order valence-corrected chi connectivity index (χ0v) is 17.0. The summed E-state index contributed by atoms with van der Waals surface area (Å²) in [5, 5.41) is 6.82. The van der Waals surface area contributed by atoms with Crippen LogP contribution in [0.25, 0.3) is 22.0 Å². The smallest absolute Gasteiger partial charge is 0.257 e. The van der Waals surface area contributed by atoms with Crippen molar-refractivity contribution in [1.82, 2.24) is 15.0 Å². The van der Waals surface area contributed by atoms with E-state index in [2.05, 4.69) is 25.6 Å². The van der Waals surface area contributed by atoms with Gasteiger partial charge in [0.1, 0.15) is 5.82 Å². The summed E-state index contributed by atoms with van der Waals surface area (Å²) in [6.07, 6.45) is 7.05. The molecule has 1 saturated carbocycles. The fourth-order valence-corrected chi connectivity index (χ4v) is 3.53. The van der Waals surface area contributed by atoms with Gasteiger partial charge in [0.2, 0.25) is 5.91 Å². The van der Waals surface area contributed by atoms with Gasteiger partial charge in [-0.25, -0.2) is 4.98 Å².